The smallest absolute Gasteiger partial charge is 0.338 e. The van der Waals surface area contributed by atoms with Gasteiger partial charge in [0.15, 0.2) is 5.12 Å². The molecule has 0 fully saturated rings. The molecule has 0 unspecified atom stereocenters. The van der Waals surface area contributed by atoms with E-state index in [-0.39, 0.29) is 5.12 Å². The highest BCUT2D eigenvalue weighted by molar-refractivity contribution is 8.13. The molecular weight excluding hydrogens is 274 g/mol. The third-order valence-corrected chi connectivity index (χ3v) is 3.62. The Morgan fingerprint density at radius 2 is 2.10 bits per heavy atom. The Balaban J connectivity index is 2.81. The number of rotatable bonds is 5. The first kappa shape index (κ1) is 16.3. The Morgan fingerprint density at radius 3 is 2.70 bits per heavy atom. The summed E-state index contributed by atoms with van der Waals surface area (Å²) in [6, 6.07) is 3.57. The van der Waals surface area contributed by atoms with E-state index in [9.17, 15) is 9.59 Å². The van der Waals surface area contributed by atoms with E-state index in [4.69, 9.17) is 10.5 Å². The van der Waals surface area contributed by atoms with Crippen LogP contribution in [0.4, 0.5) is 5.69 Å². The number of nitrogen functional groups attached to an aromatic ring is 1. The SMILES string of the molecule is COC(=O)c1cc(C=CCCSC(C)=O)cc(N)c1C. The van der Waals surface area contributed by atoms with Crippen molar-refractivity contribution in [1.82, 2.24) is 0 Å². The van der Waals surface area contributed by atoms with Crippen LogP contribution in [0.15, 0.2) is 18.2 Å². The molecule has 0 aromatic heterocycles. The third-order valence-electron chi connectivity index (χ3n) is 2.78. The average molecular weight is 293 g/mol. The molecule has 20 heavy (non-hydrogen) atoms. The lowest BCUT2D eigenvalue weighted by molar-refractivity contribution is -0.109. The van der Waals surface area contributed by atoms with Crippen molar-refractivity contribution in [1.29, 1.82) is 0 Å². The number of carbonyl (C=O) groups excluding carboxylic acids is 2. The fourth-order valence-corrected chi connectivity index (χ4v) is 2.21. The second kappa shape index (κ2) is 7.75. The largest absolute Gasteiger partial charge is 0.465 e. The molecule has 0 aliphatic rings. The van der Waals surface area contributed by atoms with Crippen LogP contribution < -0.4 is 5.73 Å². The van der Waals surface area contributed by atoms with Gasteiger partial charge in [0.05, 0.1) is 12.7 Å². The van der Waals surface area contributed by atoms with E-state index in [0.29, 0.717) is 11.3 Å². The first-order valence-corrected chi connectivity index (χ1v) is 7.22. The minimum atomic E-state index is -0.392. The fourth-order valence-electron chi connectivity index (χ4n) is 1.67. The second-order valence-corrected chi connectivity index (χ2v) is 5.58. The quantitative estimate of drug-likeness (QED) is 0.513. The van der Waals surface area contributed by atoms with Gasteiger partial charge < -0.3 is 10.5 Å². The van der Waals surface area contributed by atoms with Crippen LogP contribution in [0.1, 0.15) is 34.8 Å². The summed E-state index contributed by atoms with van der Waals surface area (Å²) in [6.45, 7) is 3.34. The van der Waals surface area contributed by atoms with Gasteiger partial charge in [-0.2, -0.15) is 0 Å². The molecule has 1 rings (SSSR count). The highest BCUT2D eigenvalue weighted by Crippen LogP contribution is 2.21. The number of anilines is 1. The van der Waals surface area contributed by atoms with Crippen LogP contribution in [0.5, 0.6) is 0 Å². The molecule has 1 aromatic carbocycles. The van der Waals surface area contributed by atoms with Gasteiger partial charge in [-0.05, 0) is 36.6 Å². The highest BCUT2D eigenvalue weighted by Gasteiger charge is 2.12. The van der Waals surface area contributed by atoms with E-state index in [1.165, 1.54) is 18.9 Å². The lowest BCUT2D eigenvalue weighted by Gasteiger charge is -2.08. The molecule has 108 valence electrons. The molecule has 0 heterocycles. The van der Waals surface area contributed by atoms with Crippen LogP contribution in [0.2, 0.25) is 0 Å². The summed E-state index contributed by atoms with van der Waals surface area (Å²) in [4.78, 5) is 22.4. The van der Waals surface area contributed by atoms with Gasteiger partial charge in [-0.25, -0.2) is 4.79 Å². The van der Waals surface area contributed by atoms with E-state index in [1.807, 2.05) is 18.2 Å². The first-order chi connectivity index (χ1) is 9.45. The highest BCUT2D eigenvalue weighted by atomic mass is 32.2. The number of thioether (sulfide) groups is 1. The van der Waals surface area contributed by atoms with Crippen LogP contribution in [0.3, 0.4) is 0 Å². The molecule has 0 amide bonds. The number of ether oxygens (including phenoxy) is 1. The van der Waals surface area contributed by atoms with Crippen molar-refractivity contribution in [3.8, 4) is 0 Å². The third kappa shape index (κ3) is 4.74. The van der Waals surface area contributed by atoms with Gasteiger partial charge in [0, 0.05) is 18.4 Å². The maximum Gasteiger partial charge on any atom is 0.338 e. The molecular formula is C15H19NO3S. The minimum Gasteiger partial charge on any atom is -0.465 e. The zero-order chi connectivity index (χ0) is 15.1. The number of nitrogens with two attached hydrogens (primary N) is 1. The van der Waals surface area contributed by atoms with Crippen molar-refractivity contribution in [2.75, 3.05) is 18.6 Å². The number of allylic oxidation sites excluding steroid dienone is 1. The summed E-state index contributed by atoms with van der Waals surface area (Å²) < 4.78 is 4.74. The molecule has 2 N–H and O–H groups in total. The van der Waals surface area contributed by atoms with E-state index in [0.717, 1.165) is 23.3 Å². The number of hydrogen-bond donors (Lipinski definition) is 1. The van der Waals surface area contributed by atoms with E-state index >= 15 is 0 Å². The predicted octanol–water partition coefficient (Wildman–Crippen LogP) is 3.05. The van der Waals surface area contributed by atoms with Crippen molar-refractivity contribution in [2.24, 2.45) is 0 Å². The Morgan fingerprint density at radius 1 is 1.40 bits per heavy atom. The topological polar surface area (TPSA) is 69.4 Å². The number of hydrogen-bond acceptors (Lipinski definition) is 5. The Bertz CT molecular complexity index is 538. The summed E-state index contributed by atoms with van der Waals surface area (Å²) >= 11 is 1.29. The molecule has 5 heteroatoms. The van der Waals surface area contributed by atoms with Crippen LogP contribution in [0, 0.1) is 6.92 Å². The summed E-state index contributed by atoms with van der Waals surface area (Å²) in [5.74, 6) is 0.355. The van der Waals surface area contributed by atoms with Crippen molar-refractivity contribution < 1.29 is 14.3 Å². The van der Waals surface area contributed by atoms with Gasteiger partial charge in [0.1, 0.15) is 0 Å². The Hall–Kier alpha value is -1.75. The zero-order valence-corrected chi connectivity index (χ0v) is 12.8. The summed E-state index contributed by atoms with van der Waals surface area (Å²) in [6.07, 6.45) is 4.63. The van der Waals surface area contributed by atoms with Gasteiger partial charge >= 0.3 is 5.97 Å². The van der Waals surface area contributed by atoms with Crippen molar-refractivity contribution in [3.63, 3.8) is 0 Å². The standard InChI is InChI=1S/C15H19NO3S/c1-10-13(15(18)19-3)8-12(9-14(10)16)6-4-5-7-20-11(2)17/h4,6,8-9H,5,7,16H2,1-3H3. The van der Waals surface area contributed by atoms with E-state index < -0.39 is 5.97 Å². The van der Waals surface area contributed by atoms with Gasteiger partial charge in [0.25, 0.3) is 0 Å². The van der Waals surface area contributed by atoms with E-state index in [1.54, 1.807) is 19.9 Å². The summed E-state index contributed by atoms with van der Waals surface area (Å²) in [5, 5.41) is 0.117. The van der Waals surface area contributed by atoms with Gasteiger partial charge in [-0.3, -0.25) is 4.79 Å². The minimum absolute atomic E-state index is 0.117. The maximum atomic E-state index is 11.6. The second-order valence-electron chi connectivity index (χ2n) is 4.31. The summed E-state index contributed by atoms with van der Waals surface area (Å²) in [5.41, 5.74) is 8.50. The van der Waals surface area contributed by atoms with Crippen LogP contribution in [-0.2, 0) is 9.53 Å². The molecule has 1 aromatic rings. The average Bonchev–Trinajstić information content (AvgIpc) is 2.40. The van der Waals surface area contributed by atoms with Gasteiger partial charge in [-0.15, -0.1) is 0 Å². The lowest BCUT2D eigenvalue weighted by atomic mass is 10.0. The first-order valence-electron chi connectivity index (χ1n) is 6.24. The molecule has 0 spiro atoms. The molecule has 4 nitrogen and oxygen atoms in total. The van der Waals surface area contributed by atoms with Crippen LogP contribution in [0.25, 0.3) is 6.08 Å². The van der Waals surface area contributed by atoms with Gasteiger partial charge in [-0.1, -0.05) is 23.9 Å². The van der Waals surface area contributed by atoms with Crippen LogP contribution >= 0.6 is 11.8 Å². The molecule has 0 radical (unpaired) electrons. The fraction of sp³-hybridized carbons (Fsp3) is 0.333. The molecule has 0 aliphatic heterocycles. The predicted molar refractivity (Wildman–Crippen MR) is 83.7 cm³/mol. The summed E-state index contributed by atoms with van der Waals surface area (Å²) in [7, 11) is 1.35. The number of methoxy groups -OCH3 is 1. The van der Waals surface area contributed by atoms with Crippen molar-refractivity contribution in [3.05, 3.63) is 34.9 Å². The number of carbonyl (C=O) groups is 2. The molecule has 0 aliphatic carbocycles. The number of esters is 1. The van der Waals surface area contributed by atoms with E-state index in [2.05, 4.69) is 0 Å². The maximum absolute atomic E-state index is 11.6. The monoisotopic (exact) mass is 293 g/mol. The van der Waals surface area contributed by atoms with Crippen molar-refractivity contribution >= 4 is 34.6 Å². The zero-order valence-electron chi connectivity index (χ0n) is 11.9. The molecule has 0 saturated carbocycles. The Kier molecular flexibility index (Phi) is 6.31. The molecule has 0 saturated heterocycles. The lowest BCUT2D eigenvalue weighted by Crippen LogP contribution is -2.06. The van der Waals surface area contributed by atoms with Crippen LogP contribution in [-0.4, -0.2) is 23.9 Å². The molecule has 0 atom stereocenters. The Labute approximate surface area is 123 Å². The van der Waals surface area contributed by atoms with Crippen molar-refractivity contribution in [2.45, 2.75) is 20.3 Å². The van der Waals surface area contributed by atoms with Gasteiger partial charge in [0.2, 0.25) is 0 Å². The number of benzene rings is 1. The molecule has 0 bridgehead atoms. The normalized spacial score (nSPS) is 10.8.